The van der Waals surface area contributed by atoms with Gasteiger partial charge in [0.1, 0.15) is 12.2 Å². The van der Waals surface area contributed by atoms with Crippen molar-refractivity contribution in [3.8, 4) is 0 Å². The molecule has 3 rings (SSSR count). The number of carbonyl (C=O) groups is 4. The third kappa shape index (κ3) is 1.53. The van der Waals surface area contributed by atoms with Gasteiger partial charge in [-0.3, -0.25) is 9.59 Å². The first kappa shape index (κ1) is 12.9. The minimum Gasteiger partial charge on any atom is -0.539 e. The summed E-state index contributed by atoms with van der Waals surface area (Å²) in [6.07, 6.45) is -1.15. The topological polar surface area (TPSA) is 119 Å². The van der Waals surface area contributed by atoms with Crippen LogP contribution in [0.25, 0.3) is 0 Å². The van der Waals surface area contributed by atoms with Crippen LogP contribution in [0.2, 0.25) is 0 Å². The van der Waals surface area contributed by atoms with Gasteiger partial charge >= 0.3 is 17.9 Å². The Labute approximate surface area is 113 Å². The van der Waals surface area contributed by atoms with Crippen molar-refractivity contribution in [3.63, 3.8) is 0 Å². The summed E-state index contributed by atoms with van der Waals surface area (Å²) in [5.74, 6) is -6.63. The van der Waals surface area contributed by atoms with Gasteiger partial charge < -0.3 is 24.1 Å². The zero-order chi connectivity index (χ0) is 14.6. The molecule has 2 saturated carbocycles. The number of carbonyl (C=O) groups excluding carboxylic acids is 4. The maximum Gasteiger partial charge on any atom is 0.354 e. The fourth-order valence-corrected chi connectivity index (χ4v) is 3.78. The quantitative estimate of drug-likeness (QED) is 0.313. The Kier molecular flexibility index (Phi) is 2.70. The van der Waals surface area contributed by atoms with Gasteiger partial charge in [0, 0.05) is 11.8 Å². The maximum atomic E-state index is 11.8. The summed E-state index contributed by atoms with van der Waals surface area (Å²) in [4.78, 5) is 45.2. The fraction of sp³-hybridized carbons (Fsp3) is 0.667. The van der Waals surface area contributed by atoms with E-state index in [1.807, 2.05) is 0 Å². The summed E-state index contributed by atoms with van der Waals surface area (Å²) in [6, 6.07) is 0. The Morgan fingerprint density at radius 3 is 2.60 bits per heavy atom. The van der Waals surface area contributed by atoms with Crippen molar-refractivity contribution in [3.05, 3.63) is 0 Å². The molecule has 6 unspecified atom stereocenters. The number of esters is 3. The number of ether oxygens (including phenoxy) is 3. The lowest BCUT2D eigenvalue weighted by molar-refractivity contribution is -0.304. The molecule has 3 aliphatic rings. The van der Waals surface area contributed by atoms with Crippen LogP contribution < -0.4 is 5.11 Å². The highest BCUT2D eigenvalue weighted by Crippen LogP contribution is 2.58. The number of hydrogen-bond acceptors (Lipinski definition) is 8. The van der Waals surface area contributed by atoms with Gasteiger partial charge in [-0.05, 0) is 6.42 Å². The first-order valence-electron chi connectivity index (χ1n) is 6.16. The van der Waals surface area contributed by atoms with Crippen LogP contribution in [0.4, 0.5) is 0 Å². The predicted octanol–water partition coefficient (Wildman–Crippen LogP) is -2.37. The molecule has 108 valence electrons. The lowest BCUT2D eigenvalue weighted by atomic mass is 9.78. The molecule has 20 heavy (non-hydrogen) atoms. The molecule has 0 spiro atoms. The first-order chi connectivity index (χ1) is 9.45. The number of hydrogen-bond donors (Lipinski definition) is 0. The molecular formula is C12H11O8-. The number of methoxy groups -OCH3 is 1. The zero-order valence-electron chi connectivity index (χ0n) is 10.4. The molecule has 1 heterocycles. The van der Waals surface area contributed by atoms with Crippen LogP contribution in [0.3, 0.4) is 0 Å². The smallest absolute Gasteiger partial charge is 0.354 e. The lowest BCUT2D eigenvalue weighted by Gasteiger charge is -2.29. The third-order valence-corrected chi connectivity index (χ3v) is 4.43. The van der Waals surface area contributed by atoms with Crippen LogP contribution in [0.5, 0.6) is 0 Å². The van der Waals surface area contributed by atoms with E-state index < -0.39 is 53.8 Å². The highest BCUT2D eigenvalue weighted by molar-refractivity contribution is 6.27. The molecule has 0 N–H and O–H groups in total. The molecule has 1 aliphatic heterocycles. The molecule has 1 saturated heterocycles. The van der Waals surface area contributed by atoms with Crippen LogP contribution in [0, 0.1) is 23.7 Å². The van der Waals surface area contributed by atoms with Crippen LogP contribution in [0.15, 0.2) is 0 Å². The van der Waals surface area contributed by atoms with Crippen molar-refractivity contribution in [1.29, 1.82) is 0 Å². The van der Waals surface area contributed by atoms with Crippen LogP contribution in [-0.4, -0.2) is 43.2 Å². The SMILES string of the molecule is COC(=O)C1C2CC3C(OC(=O)C31)C2OC(=O)C(=O)[O-]. The van der Waals surface area contributed by atoms with Gasteiger partial charge in [0.05, 0.1) is 18.9 Å². The van der Waals surface area contributed by atoms with Crippen molar-refractivity contribution >= 4 is 23.9 Å². The molecule has 0 aromatic heterocycles. The summed E-state index contributed by atoms with van der Waals surface area (Å²) in [6.45, 7) is 0. The molecule has 8 nitrogen and oxygen atoms in total. The van der Waals surface area contributed by atoms with Crippen molar-refractivity contribution in [1.82, 2.24) is 0 Å². The fourth-order valence-electron chi connectivity index (χ4n) is 3.78. The molecule has 8 heteroatoms. The highest BCUT2D eigenvalue weighted by atomic mass is 16.6. The Bertz CT molecular complexity index is 512. The number of carboxylic acid groups (broad SMARTS) is 1. The molecule has 2 aliphatic carbocycles. The van der Waals surface area contributed by atoms with Gasteiger partial charge in [-0.15, -0.1) is 0 Å². The number of carboxylic acids is 1. The lowest BCUT2D eigenvalue weighted by Crippen LogP contribution is -2.46. The Morgan fingerprint density at radius 2 is 2.00 bits per heavy atom. The number of rotatable bonds is 2. The molecule has 0 aromatic carbocycles. The van der Waals surface area contributed by atoms with Crippen molar-refractivity contribution < 1.29 is 38.5 Å². The average molecular weight is 283 g/mol. The standard InChI is InChI=1S/C12H12O8/c1-18-10(15)5-3-2-4-6(5)11(16)19-7(4)8(3)20-12(17)9(13)14/h3-8H,2H2,1H3,(H,13,14)/p-1. The second-order valence-electron chi connectivity index (χ2n) is 5.20. The van der Waals surface area contributed by atoms with E-state index >= 15 is 0 Å². The maximum absolute atomic E-state index is 11.8. The normalized spacial score (nSPS) is 40.4. The summed E-state index contributed by atoms with van der Waals surface area (Å²) >= 11 is 0. The molecule has 2 bridgehead atoms. The number of fused-ring (bicyclic) bond motifs is 1. The van der Waals surface area contributed by atoms with Gasteiger partial charge in [0.15, 0.2) is 5.97 Å². The monoisotopic (exact) mass is 283 g/mol. The molecule has 0 amide bonds. The molecule has 3 fully saturated rings. The van der Waals surface area contributed by atoms with E-state index in [1.54, 1.807) is 0 Å². The van der Waals surface area contributed by atoms with Crippen LogP contribution >= 0.6 is 0 Å². The molecule has 0 aromatic rings. The van der Waals surface area contributed by atoms with Gasteiger partial charge in [0.25, 0.3) is 0 Å². The predicted molar refractivity (Wildman–Crippen MR) is 55.4 cm³/mol. The van der Waals surface area contributed by atoms with E-state index in [4.69, 9.17) is 9.47 Å². The van der Waals surface area contributed by atoms with Crippen molar-refractivity contribution in [2.75, 3.05) is 7.11 Å². The minimum absolute atomic E-state index is 0.240. The van der Waals surface area contributed by atoms with E-state index in [2.05, 4.69) is 4.74 Å². The Morgan fingerprint density at radius 1 is 1.30 bits per heavy atom. The van der Waals surface area contributed by atoms with E-state index in [0.29, 0.717) is 6.42 Å². The second-order valence-corrected chi connectivity index (χ2v) is 5.20. The summed E-state index contributed by atoms with van der Waals surface area (Å²) < 4.78 is 14.6. The summed E-state index contributed by atoms with van der Waals surface area (Å²) in [5, 5.41) is 10.4. The van der Waals surface area contributed by atoms with E-state index in [9.17, 15) is 24.3 Å². The Hall–Kier alpha value is -2.12. The van der Waals surface area contributed by atoms with E-state index in [-0.39, 0.29) is 5.92 Å². The van der Waals surface area contributed by atoms with Crippen molar-refractivity contribution in [2.24, 2.45) is 23.7 Å². The minimum atomic E-state index is -1.97. The second kappa shape index (κ2) is 4.19. The first-order valence-corrected chi connectivity index (χ1v) is 6.16. The van der Waals surface area contributed by atoms with Gasteiger partial charge in [0.2, 0.25) is 0 Å². The number of aliphatic carboxylic acids is 1. The third-order valence-electron chi connectivity index (χ3n) is 4.43. The largest absolute Gasteiger partial charge is 0.539 e. The van der Waals surface area contributed by atoms with Crippen molar-refractivity contribution in [2.45, 2.75) is 18.6 Å². The van der Waals surface area contributed by atoms with E-state index in [0.717, 1.165) is 0 Å². The zero-order valence-corrected chi connectivity index (χ0v) is 10.4. The van der Waals surface area contributed by atoms with Gasteiger partial charge in [-0.25, -0.2) is 4.79 Å². The average Bonchev–Trinajstić information content (AvgIpc) is 3.00. The van der Waals surface area contributed by atoms with E-state index in [1.165, 1.54) is 7.11 Å². The summed E-state index contributed by atoms with van der Waals surface area (Å²) in [7, 11) is 1.20. The molecule has 0 radical (unpaired) electrons. The van der Waals surface area contributed by atoms with Crippen LogP contribution in [-0.2, 0) is 33.4 Å². The summed E-state index contributed by atoms with van der Waals surface area (Å²) in [5.41, 5.74) is 0. The van der Waals surface area contributed by atoms with Gasteiger partial charge in [-0.1, -0.05) is 0 Å². The van der Waals surface area contributed by atoms with Crippen LogP contribution in [0.1, 0.15) is 6.42 Å². The molecule has 6 atom stereocenters. The molecular weight excluding hydrogens is 272 g/mol. The highest BCUT2D eigenvalue weighted by Gasteiger charge is 2.70. The Balaban J connectivity index is 1.88. The van der Waals surface area contributed by atoms with Gasteiger partial charge in [-0.2, -0.15) is 0 Å².